The Kier molecular flexibility index (Phi) is 5.63. The summed E-state index contributed by atoms with van der Waals surface area (Å²) < 4.78 is 9.29. The lowest BCUT2D eigenvalue weighted by Gasteiger charge is -2.32. The molecule has 0 saturated carbocycles. The summed E-state index contributed by atoms with van der Waals surface area (Å²) in [6.07, 6.45) is 3.24. The molecule has 4 aromatic heterocycles. The summed E-state index contributed by atoms with van der Waals surface area (Å²) in [4.78, 5) is 36.5. The third-order valence-electron chi connectivity index (χ3n) is 6.77. The molecule has 0 spiro atoms. The van der Waals surface area contributed by atoms with Gasteiger partial charge < -0.3 is 19.9 Å². The number of likely N-dealkylation sites (N-methyl/N-ethyl adjacent to an activating group) is 1. The Morgan fingerprint density at radius 2 is 2.00 bits per heavy atom. The number of para-hydroxylation sites is 1. The second-order valence-corrected chi connectivity index (χ2v) is 10.4. The summed E-state index contributed by atoms with van der Waals surface area (Å²) in [5.41, 5.74) is 3.29. The van der Waals surface area contributed by atoms with Gasteiger partial charge in [-0.3, -0.25) is 4.79 Å². The van der Waals surface area contributed by atoms with Crippen molar-refractivity contribution in [3.05, 3.63) is 70.6 Å². The number of rotatable bonds is 6. The average Bonchev–Trinajstić information content (AvgIpc) is 3.58. The van der Waals surface area contributed by atoms with Gasteiger partial charge in [-0.25, -0.2) is 19.6 Å². The molecule has 1 N–H and O–H groups in total. The maximum Gasteiger partial charge on any atom is 0.284 e. The highest BCUT2D eigenvalue weighted by Gasteiger charge is 2.21. The van der Waals surface area contributed by atoms with Crippen LogP contribution in [0.3, 0.4) is 0 Å². The number of hydrogen-bond acceptors (Lipinski definition) is 10. The fourth-order valence-electron chi connectivity index (χ4n) is 4.89. The van der Waals surface area contributed by atoms with Crippen LogP contribution in [0.1, 0.15) is 0 Å². The second kappa shape index (κ2) is 9.33. The maximum absolute atomic E-state index is 13.7. The van der Waals surface area contributed by atoms with Crippen molar-refractivity contribution in [3.8, 4) is 10.9 Å². The summed E-state index contributed by atoms with van der Waals surface area (Å²) in [6.45, 7) is 3.39. The molecule has 0 fully saturated rings. The van der Waals surface area contributed by atoms with Crippen LogP contribution in [0.25, 0.3) is 32.7 Å². The molecule has 1 aliphatic heterocycles. The Bertz CT molecular complexity index is 1900. The Morgan fingerprint density at radius 3 is 2.85 bits per heavy atom. The first-order chi connectivity index (χ1) is 19.1. The zero-order valence-electron chi connectivity index (χ0n) is 21.4. The molecule has 0 atom stereocenters. The zero-order valence-corrected chi connectivity index (χ0v) is 22.2. The largest absolute Gasteiger partial charge is 0.489 e. The minimum atomic E-state index is -0.257. The summed E-state index contributed by atoms with van der Waals surface area (Å²) in [5, 5.41) is 6.97. The molecule has 0 radical (unpaired) electrons. The Hall–Kier alpha value is -4.55. The highest BCUT2D eigenvalue weighted by molar-refractivity contribution is 7.12. The van der Waals surface area contributed by atoms with Crippen LogP contribution in [0.5, 0.6) is 5.75 Å². The molecule has 5 heterocycles. The molecule has 1 aliphatic rings. The van der Waals surface area contributed by atoms with Crippen LogP contribution in [0.4, 0.5) is 17.3 Å². The van der Waals surface area contributed by atoms with E-state index in [2.05, 4.69) is 50.2 Å². The van der Waals surface area contributed by atoms with Gasteiger partial charge in [0.15, 0.2) is 11.3 Å². The number of nitrogens with one attached hydrogen (secondary N) is 1. The number of aromatic nitrogens is 6. The van der Waals surface area contributed by atoms with Crippen molar-refractivity contribution < 1.29 is 4.74 Å². The molecular formula is C27H25N9O2S. The van der Waals surface area contributed by atoms with Gasteiger partial charge in [0.1, 0.15) is 17.7 Å². The van der Waals surface area contributed by atoms with Gasteiger partial charge in [-0.05, 0) is 38.4 Å². The minimum Gasteiger partial charge on any atom is -0.489 e. The van der Waals surface area contributed by atoms with Crippen LogP contribution in [0.2, 0.25) is 0 Å². The lowest BCUT2D eigenvalue weighted by molar-refractivity contribution is 0.303. The number of hydrogen-bond donors (Lipinski definition) is 1. The normalized spacial score (nSPS) is 13.4. The van der Waals surface area contributed by atoms with E-state index in [-0.39, 0.29) is 5.56 Å². The van der Waals surface area contributed by atoms with E-state index in [0.717, 1.165) is 47.7 Å². The van der Waals surface area contributed by atoms with Crippen molar-refractivity contribution in [3.63, 3.8) is 0 Å². The van der Waals surface area contributed by atoms with Gasteiger partial charge in [-0.15, -0.1) is 11.3 Å². The molecule has 2 aromatic carbocycles. The first-order valence-corrected chi connectivity index (χ1v) is 13.5. The van der Waals surface area contributed by atoms with Gasteiger partial charge in [0.2, 0.25) is 11.1 Å². The van der Waals surface area contributed by atoms with Crippen LogP contribution >= 0.6 is 11.3 Å². The Morgan fingerprint density at radius 1 is 1.10 bits per heavy atom. The lowest BCUT2D eigenvalue weighted by atomic mass is 10.2. The predicted molar refractivity (Wildman–Crippen MR) is 153 cm³/mol. The van der Waals surface area contributed by atoms with Crippen molar-refractivity contribution >= 4 is 56.2 Å². The number of benzene rings is 2. The fraction of sp³-hybridized carbons (Fsp3) is 0.222. The van der Waals surface area contributed by atoms with Gasteiger partial charge in [-0.2, -0.15) is 9.50 Å². The van der Waals surface area contributed by atoms with E-state index in [0.29, 0.717) is 34.4 Å². The molecule has 0 bridgehead atoms. The first-order valence-electron chi connectivity index (χ1n) is 12.6. The van der Waals surface area contributed by atoms with Gasteiger partial charge >= 0.3 is 0 Å². The summed E-state index contributed by atoms with van der Waals surface area (Å²) >= 11 is 1.45. The molecule has 0 amide bonds. The van der Waals surface area contributed by atoms with E-state index in [1.807, 2.05) is 41.8 Å². The number of anilines is 3. The molecule has 0 saturated heterocycles. The van der Waals surface area contributed by atoms with Crippen molar-refractivity contribution in [1.29, 1.82) is 0 Å². The van der Waals surface area contributed by atoms with E-state index < -0.39 is 0 Å². The van der Waals surface area contributed by atoms with Crippen LogP contribution in [0.15, 0.2) is 65.0 Å². The molecular weight excluding hydrogens is 514 g/mol. The maximum atomic E-state index is 13.7. The summed E-state index contributed by atoms with van der Waals surface area (Å²) in [6, 6.07) is 13.7. The van der Waals surface area contributed by atoms with E-state index >= 15 is 0 Å². The molecule has 6 aromatic rings. The summed E-state index contributed by atoms with van der Waals surface area (Å²) in [5.74, 6) is 1.17. The molecule has 196 valence electrons. The van der Waals surface area contributed by atoms with Crippen LogP contribution < -0.4 is 20.5 Å². The van der Waals surface area contributed by atoms with E-state index in [1.54, 1.807) is 15.4 Å². The smallest absolute Gasteiger partial charge is 0.284 e. The quantitative estimate of drug-likeness (QED) is 0.340. The minimum absolute atomic E-state index is 0.257. The number of ether oxygens (including phenoxy) is 1. The van der Waals surface area contributed by atoms with Crippen molar-refractivity contribution in [2.75, 3.05) is 50.6 Å². The van der Waals surface area contributed by atoms with Gasteiger partial charge in [0.25, 0.3) is 5.56 Å². The number of nitrogens with zero attached hydrogens (tertiary/aromatic N) is 8. The van der Waals surface area contributed by atoms with Gasteiger partial charge in [0, 0.05) is 48.0 Å². The number of fused-ring (bicyclic) bond motifs is 5. The van der Waals surface area contributed by atoms with Crippen LogP contribution in [-0.2, 0) is 0 Å². The van der Waals surface area contributed by atoms with Crippen LogP contribution in [-0.4, -0.2) is 74.4 Å². The highest BCUT2D eigenvalue weighted by atomic mass is 32.1. The zero-order chi connectivity index (χ0) is 26.5. The fourth-order valence-corrected chi connectivity index (χ4v) is 5.53. The lowest BCUT2D eigenvalue weighted by Crippen LogP contribution is -2.37. The van der Waals surface area contributed by atoms with E-state index in [4.69, 9.17) is 9.72 Å². The average molecular weight is 540 g/mol. The first kappa shape index (κ1) is 23.6. The topological polar surface area (TPSA) is 106 Å². The van der Waals surface area contributed by atoms with Crippen molar-refractivity contribution in [2.24, 2.45) is 0 Å². The predicted octanol–water partition coefficient (Wildman–Crippen LogP) is 3.54. The monoisotopic (exact) mass is 539 g/mol. The Balaban J connectivity index is 1.27. The molecule has 0 aliphatic carbocycles. The molecule has 12 heteroatoms. The third-order valence-corrected chi connectivity index (χ3v) is 7.52. The van der Waals surface area contributed by atoms with Gasteiger partial charge in [-0.1, -0.05) is 12.1 Å². The van der Waals surface area contributed by atoms with Crippen molar-refractivity contribution in [2.45, 2.75) is 0 Å². The summed E-state index contributed by atoms with van der Waals surface area (Å²) in [7, 11) is 4.15. The third kappa shape index (κ3) is 4.04. The van der Waals surface area contributed by atoms with Crippen LogP contribution in [0, 0.1) is 0 Å². The van der Waals surface area contributed by atoms with E-state index in [1.165, 1.54) is 17.5 Å². The molecule has 7 rings (SSSR count). The molecule has 39 heavy (non-hydrogen) atoms. The highest BCUT2D eigenvalue weighted by Crippen LogP contribution is 2.34. The molecule has 11 nitrogen and oxygen atoms in total. The molecule has 0 unspecified atom stereocenters. The second-order valence-electron chi connectivity index (χ2n) is 9.57. The van der Waals surface area contributed by atoms with Crippen molar-refractivity contribution in [1.82, 2.24) is 34.0 Å². The standard InChI is InChI=1S/C27H25N9O2S/c1-33(2)10-11-34-12-13-38-22-15-17(7-8-21(22)34)30-26-29-16-19-23(32-26)31-24-18-5-3-4-6-20(18)35(36(24)25(19)37)27-28-9-14-39-27/h3-9,14-16H,10-13H2,1-2H3,(H,29,30,32). The number of thiazole rings is 1. The van der Waals surface area contributed by atoms with E-state index in [9.17, 15) is 4.79 Å². The van der Waals surface area contributed by atoms with Gasteiger partial charge in [0.05, 0.1) is 17.7 Å². The Labute approximate surface area is 226 Å². The SMILES string of the molecule is CN(C)CCN1CCOc2cc(Nc3ncc4c(=O)n5c(nc4n3)c3ccccc3n5-c3nccs3)ccc21.